The van der Waals surface area contributed by atoms with Crippen LogP contribution in [0.1, 0.15) is 12.5 Å². The predicted octanol–water partition coefficient (Wildman–Crippen LogP) is 3.52. The van der Waals surface area contributed by atoms with Gasteiger partial charge in [0.1, 0.15) is 0 Å². The highest BCUT2D eigenvalue weighted by molar-refractivity contribution is 6.30. The van der Waals surface area contributed by atoms with Crippen LogP contribution in [-0.4, -0.2) is 12.5 Å². The first-order valence-corrected chi connectivity index (χ1v) is 6.89. The Labute approximate surface area is 124 Å². The van der Waals surface area contributed by atoms with E-state index in [0.717, 1.165) is 11.3 Å². The average Bonchev–Trinajstić information content (AvgIpc) is 2.44. The van der Waals surface area contributed by atoms with Gasteiger partial charge in [-0.1, -0.05) is 35.9 Å². The van der Waals surface area contributed by atoms with E-state index in [1.807, 2.05) is 37.3 Å². The van der Waals surface area contributed by atoms with Crippen molar-refractivity contribution in [1.29, 1.82) is 0 Å². The van der Waals surface area contributed by atoms with Crippen molar-refractivity contribution >= 4 is 28.9 Å². The Hall–Kier alpha value is -2.00. The molecule has 0 radical (unpaired) electrons. The molecule has 0 unspecified atom stereocenters. The van der Waals surface area contributed by atoms with Crippen LogP contribution in [0.3, 0.4) is 0 Å². The van der Waals surface area contributed by atoms with Crippen LogP contribution in [0.15, 0.2) is 48.5 Å². The average molecular weight is 289 g/mol. The van der Waals surface area contributed by atoms with Gasteiger partial charge in [-0.25, -0.2) is 0 Å². The molecule has 0 heterocycles. The third-order valence-corrected chi connectivity index (χ3v) is 3.37. The molecule has 0 aromatic heterocycles. The van der Waals surface area contributed by atoms with Crippen molar-refractivity contribution in [1.82, 2.24) is 0 Å². The van der Waals surface area contributed by atoms with Gasteiger partial charge in [0.05, 0.1) is 17.8 Å². The Balaban J connectivity index is 2.18. The number of likely N-dealkylation sites (N-methyl/N-ethyl adjacent to an activating group) is 1. The van der Waals surface area contributed by atoms with Crippen LogP contribution < -0.4 is 10.6 Å². The van der Waals surface area contributed by atoms with Crippen LogP contribution in [0.2, 0.25) is 5.02 Å². The van der Waals surface area contributed by atoms with Gasteiger partial charge in [-0.3, -0.25) is 4.79 Å². The minimum atomic E-state index is 0.0210. The minimum Gasteiger partial charge on any atom is -0.397 e. The van der Waals surface area contributed by atoms with Gasteiger partial charge in [0.25, 0.3) is 0 Å². The normalized spacial score (nSPS) is 10.3. The number of nitrogens with two attached hydrogens (primary N) is 1. The molecular weight excluding hydrogens is 272 g/mol. The Morgan fingerprint density at radius 1 is 1.15 bits per heavy atom. The smallest absolute Gasteiger partial charge is 0.231 e. The molecule has 2 aromatic carbocycles. The van der Waals surface area contributed by atoms with Crippen molar-refractivity contribution in [2.75, 3.05) is 17.2 Å². The van der Waals surface area contributed by atoms with Crippen LogP contribution in [0.4, 0.5) is 11.4 Å². The lowest BCUT2D eigenvalue weighted by Crippen LogP contribution is -2.32. The molecule has 0 fully saturated rings. The Morgan fingerprint density at radius 2 is 1.80 bits per heavy atom. The number of halogens is 1. The van der Waals surface area contributed by atoms with Gasteiger partial charge in [-0.05, 0) is 36.8 Å². The fraction of sp³-hybridized carbons (Fsp3) is 0.188. The van der Waals surface area contributed by atoms with Crippen molar-refractivity contribution in [3.05, 3.63) is 59.1 Å². The molecule has 0 aliphatic rings. The molecule has 20 heavy (non-hydrogen) atoms. The molecule has 0 bridgehead atoms. The van der Waals surface area contributed by atoms with Crippen LogP contribution in [-0.2, 0) is 11.2 Å². The first kappa shape index (κ1) is 14.4. The number of benzene rings is 2. The molecule has 2 N–H and O–H groups in total. The quantitative estimate of drug-likeness (QED) is 0.875. The van der Waals surface area contributed by atoms with Gasteiger partial charge in [-0.2, -0.15) is 0 Å². The standard InChI is InChI=1S/C16H17ClN2O/c1-2-19(15-6-4-3-5-14(15)18)16(20)11-12-7-9-13(17)10-8-12/h3-10H,2,11,18H2,1H3. The number of amides is 1. The monoisotopic (exact) mass is 288 g/mol. The highest BCUT2D eigenvalue weighted by Gasteiger charge is 2.16. The van der Waals surface area contributed by atoms with Crippen molar-refractivity contribution in [2.24, 2.45) is 0 Å². The summed E-state index contributed by atoms with van der Waals surface area (Å²) in [4.78, 5) is 14.1. The fourth-order valence-electron chi connectivity index (χ4n) is 2.09. The second kappa shape index (κ2) is 6.44. The van der Waals surface area contributed by atoms with E-state index >= 15 is 0 Å². The molecule has 0 saturated heterocycles. The number of para-hydroxylation sites is 2. The molecule has 3 nitrogen and oxygen atoms in total. The zero-order chi connectivity index (χ0) is 14.5. The number of nitrogens with zero attached hydrogens (tertiary/aromatic N) is 1. The van der Waals surface area contributed by atoms with Crippen molar-refractivity contribution in [3.8, 4) is 0 Å². The summed E-state index contributed by atoms with van der Waals surface area (Å²) >= 11 is 5.84. The Bertz CT molecular complexity index is 596. The first-order valence-electron chi connectivity index (χ1n) is 6.51. The van der Waals surface area contributed by atoms with Gasteiger partial charge in [0.15, 0.2) is 0 Å². The Kier molecular flexibility index (Phi) is 4.64. The first-order chi connectivity index (χ1) is 9.61. The van der Waals surface area contributed by atoms with Crippen molar-refractivity contribution in [2.45, 2.75) is 13.3 Å². The van der Waals surface area contributed by atoms with E-state index in [-0.39, 0.29) is 5.91 Å². The van der Waals surface area contributed by atoms with E-state index in [0.29, 0.717) is 23.7 Å². The van der Waals surface area contributed by atoms with Crippen LogP contribution in [0.25, 0.3) is 0 Å². The lowest BCUT2D eigenvalue weighted by atomic mass is 10.1. The number of carbonyl (C=O) groups excluding carboxylic acids is 1. The van der Waals surface area contributed by atoms with E-state index in [2.05, 4.69) is 0 Å². The second-order valence-corrected chi connectivity index (χ2v) is 4.94. The number of nitrogen functional groups attached to an aromatic ring is 1. The van der Waals surface area contributed by atoms with Gasteiger partial charge in [-0.15, -0.1) is 0 Å². The summed E-state index contributed by atoms with van der Waals surface area (Å²) in [7, 11) is 0. The third-order valence-electron chi connectivity index (χ3n) is 3.11. The summed E-state index contributed by atoms with van der Waals surface area (Å²) < 4.78 is 0. The summed E-state index contributed by atoms with van der Waals surface area (Å²) in [5.41, 5.74) is 8.24. The van der Waals surface area contributed by atoms with Crippen LogP contribution >= 0.6 is 11.6 Å². The summed E-state index contributed by atoms with van der Waals surface area (Å²) in [6.07, 6.45) is 0.333. The molecular formula is C16H17ClN2O. The maximum absolute atomic E-state index is 12.4. The fourth-order valence-corrected chi connectivity index (χ4v) is 2.21. The summed E-state index contributed by atoms with van der Waals surface area (Å²) in [5, 5.41) is 0.667. The molecule has 0 atom stereocenters. The minimum absolute atomic E-state index is 0.0210. The number of rotatable bonds is 4. The topological polar surface area (TPSA) is 46.3 Å². The predicted molar refractivity (Wildman–Crippen MR) is 84.0 cm³/mol. The lowest BCUT2D eigenvalue weighted by molar-refractivity contribution is -0.117. The number of carbonyl (C=O) groups is 1. The maximum atomic E-state index is 12.4. The van der Waals surface area contributed by atoms with Crippen molar-refractivity contribution < 1.29 is 4.79 Å². The van der Waals surface area contributed by atoms with E-state index in [1.54, 1.807) is 23.1 Å². The zero-order valence-corrected chi connectivity index (χ0v) is 12.1. The van der Waals surface area contributed by atoms with Gasteiger partial charge in [0, 0.05) is 11.6 Å². The summed E-state index contributed by atoms with van der Waals surface area (Å²) in [6, 6.07) is 14.7. The summed E-state index contributed by atoms with van der Waals surface area (Å²) in [6.45, 7) is 2.52. The molecule has 0 aliphatic heterocycles. The van der Waals surface area contributed by atoms with Gasteiger partial charge in [0.2, 0.25) is 5.91 Å². The molecule has 4 heteroatoms. The summed E-state index contributed by atoms with van der Waals surface area (Å²) in [5.74, 6) is 0.0210. The number of hydrogen-bond acceptors (Lipinski definition) is 2. The molecule has 2 rings (SSSR count). The molecule has 104 valence electrons. The Morgan fingerprint density at radius 3 is 2.40 bits per heavy atom. The lowest BCUT2D eigenvalue weighted by Gasteiger charge is -2.22. The van der Waals surface area contributed by atoms with E-state index in [1.165, 1.54) is 0 Å². The van der Waals surface area contributed by atoms with Crippen LogP contribution in [0, 0.1) is 0 Å². The molecule has 0 spiro atoms. The van der Waals surface area contributed by atoms with Gasteiger partial charge < -0.3 is 10.6 Å². The highest BCUT2D eigenvalue weighted by Crippen LogP contribution is 2.23. The number of hydrogen-bond donors (Lipinski definition) is 1. The molecule has 1 amide bonds. The van der Waals surface area contributed by atoms with E-state index < -0.39 is 0 Å². The van der Waals surface area contributed by atoms with Crippen LogP contribution in [0.5, 0.6) is 0 Å². The maximum Gasteiger partial charge on any atom is 0.231 e. The molecule has 2 aromatic rings. The van der Waals surface area contributed by atoms with Gasteiger partial charge >= 0.3 is 0 Å². The molecule has 0 saturated carbocycles. The van der Waals surface area contributed by atoms with E-state index in [9.17, 15) is 4.79 Å². The zero-order valence-electron chi connectivity index (χ0n) is 11.3. The third kappa shape index (κ3) is 3.31. The second-order valence-electron chi connectivity index (χ2n) is 4.50. The van der Waals surface area contributed by atoms with E-state index in [4.69, 9.17) is 17.3 Å². The molecule has 0 aliphatic carbocycles. The SMILES string of the molecule is CCN(C(=O)Cc1ccc(Cl)cc1)c1ccccc1N. The highest BCUT2D eigenvalue weighted by atomic mass is 35.5. The number of anilines is 2. The van der Waals surface area contributed by atoms with Crippen molar-refractivity contribution in [3.63, 3.8) is 0 Å². The largest absolute Gasteiger partial charge is 0.397 e.